The van der Waals surface area contributed by atoms with Crippen molar-refractivity contribution in [2.75, 3.05) is 0 Å². The van der Waals surface area contributed by atoms with E-state index in [2.05, 4.69) is 23.5 Å². The highest BCUT2D eigenvalue weighted by molar-refractivity contribution is 5.72. The molecule has 2 rings (SSSR count). The van der Waals surface area contributed by atoms with E-state index in [0.717, 1.165) is 6.42 Å². The number of hydrogen-bond acceptors (Lipinski definition) is 2. The molecule has 1 aliphatic rings. The first-order chi connectivity index (χ1) is 7.66. The van der Waals surface area contributed by atoms with Gasteiger partial charge in [0, 0.05) is 6.54 Å². The van der Waals surface area contributed by atoms with Gasteiger partial charge in [0.25, 0.3) is 0 Å². The zero-order valence-electron chi connectivity index (χ0n) is 9.49. The molecule has 0 bridgehead atoms. The topological polar surface area (TPSA) is 49.3 Å². The Hall–Kier alpha value is -1.35. The molecule has 1 aliphatic carbocycles. The highest BCUT2D eigenvalue weighted by atomic mass is 16.4. The van der Waals surface area contributed by atoms with E-state index in [-0.39, 0.29) is 0 Å². The van der Waals surface area contributed by atoms with Gasteiger partial charge in [0.05, 0.1) is 0 Å². The number of fused-ring (bicyclic) bond motifs is 1. The van der Waals surface area contributed by atoms with Gasteiger partial charge in [0.2, 0.25) is 0 Å². The van der Waals surface area contributed by atoms with E-state index >= 15 is 0 Å². The monoisotopic (exact) mass is 219 g/mol. The molecule has 3 heteroatoms. The Bertz CT molecular complexity index is 401. The highest BCUT2D eigenvalue weighted by Gasteiger charge is 2.12. The highest BCUT2D eigenvalue weighted by Crippen LogP contribution is 2.22. The molecule has 0 radical (unpaired) electrons. The van der Waals surface area contributed by atoms with Crippen LogP contribution >= 0.6 is 0 Å². The van der Waals surface area contributed by atoms with Crippen LogP contribution in [0, 0.1) is 0 Å². The van der Waals surface area contributed by atoms with Crippen LogP contribution in [0.15, 0.2) is 18.2 Å². The number of benzene rings is 1. The summed E-state index contributed by atoms with van der Waals surface area (Å²) in [7, 11) is 0. The third-order valence-corrected chi connectivity index (χ3v) is 3.15. The molecule has 0 fully saturated rings. The zero-order chi connectivity index (χ0) is 11.5. The van der Waals surface area contributed by atoms with Crippen molar-refractivity contribution in [1.29, 1.82) is 0 Å². The second-order valence-corrected chi connectivity index (χ2v) is 4.40. The van der Waals surface area contributed by atoms with Gasteiger partial charge in [-0.2, -0.15) is 0 Å². The second kappa shape index (κ2) is 4.66. The summed E-state index contributed by atoms with van der Waals surface area (Å²) in [6.45, 7) is 2.29. The molecule has 0 unspecified atom stereocenters. The molecule has 0 aliphatic heterocycles. The lowest BCUT2D eigenvalue weighted by molar-refractivity contribution is -0.139. The van der Waals surface area contributed by atoms with Crippen LogP contribution in [0.4, 0.5) is 0 Å². The summed E-state index contributed by atoms with van der Waals surface area (Å²) in [5.74, 6) is -0.804. The second-order valence-electron chi connectivity index (χ2n) is 4.40. The molecule has 0 saturated heterocycles. The van der Waals surface area contributed by atoms with E-state index in [1.807, 2.05) is 0 Å². The van der Waals surface area contributed by atoms with Crippen molar-refractivity contribution in [2.45, 2.75) is 38.8 Å². The van der Waals surface area contributed by atoms with Crippen LogP contribution in [0.2, 0.25) is 0 Å². The van der Waals surface area contributed by atoms with Crippen molar-refractivity contribution < 1.29 is 9.90 Å². The van der Waals surface area contributed by atoms with Gasteiger partial charge in [-0.3, -0.25) is 4.79 Å². The lowest BCUT2D eigenvalue weighted by atomic mass is 10.1. The zero-order valence-corrected chi connectivity index (χ0v) is 9.49. The molecule has 0 saturated carbocycles. The van der Waals surface area contributed by atoms with Gasteiger partial charge in [0.15, 0.2) is 0 Å². The Morgan fingerprint density at radius 1 is 1.44 bits per heavy atom. The van der Waals surface area contributed by atoms with Gasteiger partial charge in [0.1, 0.15) is 6.04 Å². The van der Waals surface area contributed by atoms with Crippen molar-refractivity contribution in [2.24, 2.45) is 0 Å². The lowest BCUT2D eigenvalue weighted by Crippen LogP contribution is -2.33. The molecular weight excluding hydrogens is 202 g/mol. The molecule has 1 aromatic carbocycles. The number of carboxylic acids is 1. The Morgan fingerprint density at radius 2 is 2.19 bits per heavy atom. The smallest absolute Gasteiger partial charge is 0.320 e. The maximum Gasteiger partial charge on any atom is 0.320 e. The fraction of sp³-hybridized carbons (Fsp3) is 0.462. The number of nitrogens with one attached hydrogen (secondary N) is 1. The maximum atomic E-state index is 10.6. The fourth-order valence-electron chi connectivity index (χ4n) is 2.09. The summed E-state index contributed by atoms with van der Waals surface area (Å²) >= 11 is 0. The lowest BCUT2D eigenvalue weighted by Gasteiger charge is -2.10. The van der Waals surface area contributed by atoms with Gasteiger partial charge >= 0.3 is 5.97 Å². The summed E-state index contributed by atoms with van der Waals surface area (Å²) in [6, 6.07) is 5.97. The Labute approximate surface area is 95.5 Å². The van der Waals surface area contributed by atoms with Crippen molar-refractivity contribution in [3.8, 4) is 0 Å². The average molecular weight is 219 g/mol. The molecule has 1 atom stereocenters. The van der Waals surface area contributed by atoms with E-state index in [0.29, 0.717) is 6.54 Å². The van der Waals surface area contributed by atoms with Gasteiger partial charge in [-0.25, -0.2) is 0 Å². The van der Waals surface area contributed by atoms with Crippen molar-refractivity contribution in [3.05, 3.63) is 34.9 Å². The first-order valence-corrected chi connectivity index (χ1v) is 5.73. The average Bonchev–Trinajstić information content (AvgIpc) is 2.72. The van der Waals surface area contributed by atoms with Crippen LogP contribution in [0.3, 0.4) is 0 Å². The van der Waals surface area contributed by atoms with Crippen molar-refractivity contribution in [3.63, 3.8) is 0 Å². The van der Waals surface area contributed by atoms with Gasteiger partial charge in [-0.15, -0.1) is 0 Å². The fourth-order valence-corrected chi connectivity index (χ4v) is 2.09. The molecule has 3 nitrogen and oxygen atoms in total. The third kappa shape index (κ3) is 2.42. The Kier molecular flexibility index (Phi) is 3.25. The third-order valence-electron chi connectivity index (χ3n) is 3.15. The Morgan fingerprint density at radius 3 is 2.94 bits per heavy atom. The number of hydrogen-bond donors (Lipinski definition) is 2. The van der Waals surface area contributed by atoms with Gasteiger partial charge in [-0.05, 0) is 42.9 Å². The minimum Gasteiger partial charge on any atom is -0.480 e. The van der Waals surface area contributed by atoms with Crippen LogP contribution in [0.1, 0.15) is 30.0 Å². The quantitative estimate of drug-likeness (QED) is 0.811. The van der Waals surface area contributed by atoms with E-state index in [4.69, 9.17) is 5.11 Å². The number of rotatable bonds is 4. The molecule has 0 aromatic heterocycles. The largest absolute Gasteiger partial charge is 0.480 e. The van der Waals surface area contributed by atoms with Gasteiger partial charge < -0.3 is 10.4 Å². The van der Waals surface area contributed by atoms with E-state index in [9.17, 15) is 4.79 Å². The predicted molar refractivity (Wildman–Crippen MR) is 62.4 cm³/mol. The number of aliphatic carboxylic acids is 1. The number of carboxylic acid groups (broad SMARTS) is 1. The van der Waals surface area contributed by atoms with Crippen molar-refractivity contribution in [1.82, 2.24) is 5.32 Å². The summed E-state index contributed by atoms with van der Waals surface area (Å²) in [5, 5.41) is 11.7. The molecule has 0 spiro atoms. The summed E-state index contributed by atoms with van der Waals surface area (Å²) < 4.78 is 0. The Balaban J connectivity index is 1.98. The van der Waals surface area contributed by atoms with E-state index in [1.165, 1.54) is 29.5 Å². The minimum absolute atomic E-state index is 0.492. The number of aryl methyl sites for hydroxylation is 2. The normalized spacial score (nSPS) is 15.8. The van der Waals surface area contributed by atoms with E-state index < -0.39 is 12.0 Å². The van der Waals surface area contributed by atoms with Gasteiger partial charge in [-0.1, -0.05) is 18.2 Å². The van der Waals surface area contributed by atoms with Crippen LogP contribution in [0.5, 0.6) is 0 Å². The van der Waals surface area contributed by atoms with Crippen molar-refractivity contribution >= 4 is 5.97 Å². The summed E-state index contributed by atoms with van der Waals surface area (Å²) in [6.07, 6.45) is 3.60. The molecule has 2 N–H and O–H groups in total. The number of carbonyl (C=O) groups is 1. The molecule has 1 aromatic rings. The van der Waals surface area contributed by atoms with Crippen LogP contribution < -0.4 is 5.32 Å². The SMILES string of the molecule is C[C@H](NCc1ccc2c(c1)CCC2)C(=O)O. The molecule has 0 amide bonds. The standard InChI is InChI=1S/C13H17NO2/c1-9(13(15)16)14-8-10-5-6-11-3-2-4-12(11)7-10/h5-7,9,14H,2-4,8H2,1H3,(H,15,16)/t9-/m0/s1. The summed E-state index contributed by atoms with van der Waals surface area (Å²) in [5.41, 5.74) is 4.06. The summed E-state index contributed by atoms with van der Waals surface area (Å²) in [4.78, 5) is 10.6. The first kappa shape index (κ1) is 11.1. The predicted octanol–water partition coefficient (Wildman–Crippen LogP) is 1.74. The first-order valence-electron chi connectivity index (χ1n) is 5.73. The molecule has 86 valence electrons. The minimum atomic E-state index is -0.804. The van der Waals surface area contributed by atoms with Crippen LogP contribution in [0.25, 0.3) is 0 Å². The maximum absolute atomic E-state index is 10.6. The van der Waals surface area contributed by atoms with E-state index in [1.54, 1.807) is 6.92 Å². The molecule has 0 heterocycles. The van der Waals surface area contributed by atoms with Crippen LogP contribution in [-0.2, 0) is 24.2 Å². The van der Waals surface area contributed by atoms with Crippen LogP contribution in [-0.4, -0.2) is 17.1 Å². The molecule has 16 heavy (non-hydrogen) atoms. The molecular formula is C13H17NO2.